The van der Waals surface area contributed by atoms with Crippen molar-refractivity contribution >= 4 is 21.7 Å². The lowest BCUT2D eigenvalue weighted by Crippen LogP contribution is -2.36. The Bertz CT molecular complexity index is 630. The van der Waals surface area contributed by atoms with Gasteiger partial charge in [0.05, 0.1) is 10.5 Å². The molecule has 1 fully saturated rings. The van der Waals surface area contributed by atoms with Crippen LogP contribution in [0.4, 0.5) is 0 Å². The first-order valence-electron chi connectivity index (χ1n) is 6.74. The van der Waals surface area contributed by atoms with Gasteiger partial charge in [-0.05, 0) is 37.1 Å². The Morgan fingerprint density at radius 1 is 1.14 bits per heavy atom. The van der Waals surface area contributed by atoms with Crippen LogP contribution in [0.15, 0.2) is 29.2 Å². The molecule has 114 valence electrons. The molecule has 21 heavy (non-hydrogen) atoms. The third-order valence-electron chi connectivity index (χ3n) is 3.50. The molecule has 0 bridgehead atoms. The van der Waals surface area contributed by atoms with Gasteiger partial charge < -0.3 is 10.4 Å². The third-order valence-corrected chi connectivity index (χ3v) is 5.13. The fourth-order valence-corrected chi connectivity index (χ4v) is 3.55. The summed E-state index contributed by atoms with van der Waals surface area (Å²) in [6.45, 7) is 0. The Morgan fingerprint density at radius 3 is 2.24 bits per heavy atom. The highest BCUT2D eigenvalue weighted by molar-refractivity contribution is 7.92. The topological polar surface area (TPSA) is 101 Å². The number of carboxylic acids is 1. The van der Waals surface area contributed by atoms with E-state index in [0.29, 0.717) is 0 Å². The van der Waals surface area contributed by atoms with Crippen LogP contribution in [0.2, 0.25) is 0 Å². The van der Waals surface area contributed by atoms with Crippen LogP contribution in [0.5, 0.6) is 0 Å². The van der Waals surface area contributed by atoms with E-state index in [1.807, 2.05) is 0 Å². The highest BCUT2D eigenvalue weighted by atomic mass is 32.2. The lowest BCUT2D eigenvalue weighted by atomic mass is 10.2. The molecule has 1 aromatic rings. The molecule has 0 aliphatic heterocycles. The highest BCUT2D eigenvalue weighted by Crippen LogP contribution is 2.18. The Balaban J connectivity index is 2.03. The number of carbonyl (C=O) groups excluding carboxylic acids is 1. The number of hydrogen-bond acceptors (Lipinski definition) is 4. The molecule has 0 radical (unpaired) electrons. The van der Waals surface area contributed by atoms with E-state index in [9.17, 15) is 18.0 Å². The van der Waals surface area contributed by atoms with E-state index < -0.39 is 27.5 Å². The van der Waals surface area contributed by atoms with Crippen LogP contribution in [0.3, 0.4) is 0 Å². The third kappa shape index (κ3) is 4.04. The summed E-state index contributed by atoms with van der Waals surface area (Å²) in [6, 6.07) is 4.92. The molecule has 1 amide bonds. The lowest BCUT2D eigenvalue weighted by molar-refractivity contribution is -0.119. The second-order valence-electron chi connectivity index (χ2n) is 5.14. The van der Waals surface area contributed by atoms with E-state index in [0.717, 1.165) is 25.7 Å². The largest absolute Gasteiger partial charge is 0.478 e. The van der Waals surface area contributed by atoms with Gasteiger partial charge in [-0.1, -0.05) is 12.8 Å². The average molecular weight is 311 g/mol. The molecular weight excluding hydrogens is 294 g/mol. The SMILES string of the molecule is O=C(CS(=O)(=O)c1ccc(C(=O)O)cc1)NC1CCCC1. The second kappa shape index (κ2) is 6.26. The van der Waals surface area contributed by atoms with Crippen molar-refractivity contribution in [2.45, 2.75) is 36.6 Å². The molecule has 0 spiro atoms. The van der Waals surface area contributed by atoms with Crippen LogP contribution < -0.4 is 5.32 Å². The molecule has 0 saturated heterocycles. The van der Waals surface area contributed by atoms with Crippen molar-refractivity contribution in [3.05, 3.63) is 29.8 Å². The highest BCUT2D eigenvalue weighted by Gasteiger charge is 2.23. The average Bonchev–Trinajstić information content (AvgIpc) is 2.90. The number of carbonyl (C=O) groups is 2. The molecule has 1 aromatic carbocycles. The molecule has 0 atom stereocenters. The first-order valence-corrected chi connectivity index (χ1v) is 8.39. The first kappa shape index (κ1) is 15.5. The van der Waals surface area contributed by atoms with Crippen molar-refractivity contribution in [1.82, 2.24) is 5.32 Å². The molecule has 0 unspecified atom stereocenters. The van der Waals surface area contributed by atoms with Crippen LogP contribution in [0.25, 0.3) is 0 Å². The van der Waals surface area contributed by atoms with Gasteiger partial charge in [0.2, 0.25) is 5.91 Å². The van der Waals surface area contributed by atoms with Crippen molar-refractivity contribution in [2.24, 2.45) is 0 Å². The maximum atomic E-state index is 12.1. The van der Waals surface area contributed by atoms with E-state index >= 15 is 0 Å². The normalized spacial score (nSPS) is 15.8. The van der Waals surface area contributed by atoms with Crippen molar-refractivity contribution in [1.29, 1.82) is 0 Å². The standard InChI is InChI=1S/C14H17NO5S/c16-13(15-11-3-1-2-4-11)9-21(19,20)12-7-5-10(6-8-12)14(17)18/h5-8,11H,1-4,9H2,(H,15,16)(H,17,18). The minimum Gasteiger partial charge on any atom is -0.478 e. The number of amides is 1. The molecule has 1 saturated carbocycles. The predicted molar refractivity (Wildman–Crippen MR) is 75.9 cm³/mol. The number of rotatable bonds is 5. The number of nitrogens with one attached hydrogen (secondary N) is 1. The zero-order chi connectivity index (χ0) is 15.5. The molecule has 1 aliphatic rings. The molecule has 1 aliphatic carbocycles. The lowest BCUT2D eigenvalue weighted by Gasteiger charge is -2.12. The van der Waals surface area contributed by atoms with E-state index in [1.54, 1.807) is 0 Å². The fraction of sp³-hybridized carbons (Fsp3) is 0.429. The van der Waals surface area contributed by atoms with Gasteiger partial charge in [-0.2, -0.15) is 0 Å². The van der Waals surface area contributed by atoms with Gasteiger partial charge >= 0.3 is 5.97 Å². The molecule has 2 rings (SSSR count). The molecule has 0 heterocycles. The molecular formula is C14H17NO5S. The van der Waals surface area contributed by atoms with Gasteiger partial charge in [0.25, 0.3) is 0 Å². The molecule has 0 aromatic heterocycles. The van der Waals surface area contributed by atoms with Gasteiger partial charge in [-0.15, -0.1) is 0 Å². The minimum atomic E-state index is -3.75. The van der Waals surface area contributed by atoms with Crippen LogP contribution >= 0.6 is 0 Å². The van der Waals surface area contributed by atoms with Crippen LogP contribution in [0, 0.1) is 0 Å². The summed E-state index contributed by atoms with van der Waals surface area (Å²) >= 11 is 0. The van der Waals surface area contributed by atoms with Gasteiger partial charge in [0.15, 0.2) is 9.84 Å². The van der Waals surface area contributed by atoms with Gasteiger partial charge in [-0.3, -0.25) is 4.79 Å². The zero-order valence-corrected chi connectivity index (χ0v) is 12.2. The molecule has 6 nitrogen and oxygen atoms in total. The summed E-state index contributed by atoms with van der Waals surface area (Å²) < 4.78 is 24.2. The smallest absolute Gasteiger partial charge is 0.335 e. The van der Waals surface area contributed by atoms with E-state index in [4.69, 9.17) is 5.11 Å². The van der Waals surface area contributed by atoms with Crippen LogP contribution in [-0.2, 0) is 14.6 Å². The second-order valence-corrected chi connectivity index (χ2v) is 7.13. The van der Waals surface area contributed by atoms with Crippen molar-refractivity contribution in [3.63, 3.8) is 0 Å². The van der Waals surface area contributed by atoms with Gasteiger partial charge in [-0.25, -0.2) is 13.2 Å². The van der Waals surface area contributed by atoms with E-state index in [1.165, 1.54) is 24.3 Å². The number of benzene rings is 1. The monoisotopic (exact) mass is 311 g/mol. The summed E-state index contributed by atoms with van der Waals surface area (Å²) in [5, 5.41) is 11.5. The number of hydrogen-bond donors (Lipinski definition) is 2. The maximum Gasteiger partial charge on any atom is 0.335 e. The van der Waals surface area contributed by atoms with Gasteiger partial charge in [0, 0.05) is 6.04 Å². The van der Waals surface area contributed by atoms with Crippen LogP contribution in [0.1, 0.15) is 36.0 Å². The fourth-order valence-electron chi connectivity index (χ4n) is 2.40. The van der Waals surface area contributed by atoms with Crippen molar-refractivity contribution < 1.29 is 23.1 Å². The van der Waals surface area contributed by atoms with Crippen molar-refractivity contribution in [2.75, 3.05) is 5.75 Å². The minimum absolute atomic E-state index is 0.00403. The van der Waals surface area contributed by atoms with Gasteiger partial charge in [0.1, 0.15) is 5.75 Å². The molecule has 7 heteroatoms. The Hall–Kier alpha value is -1.89. The Labute approximate surface area is 123 Å². The summed E-state index contributed by atoms with van der Waals surface area (Å²) in [6.07, 6.45) is 3.88. The van der Waals surface area contributed by atoms with Crippen LogP contribution in [-0.4, -0.2) is 37.2 Å². The van der Waals surface area contributed by atoms with Crippen molar-refractivity contribution in [3.8, 4) is 0 Å². The summed E-state index contributed by atoms with van der Waals surface area (Å²) in [7, 11) is -3.75. The first-order chi connectivity index (χ1) is 9.88. The summed E-state index contributed by atoms with van der Waals surface area (Å²) in [5.41, 5.74) is 0.00403. The number of sulfone groups is 1. The maximum absolute atomic E-state index is 12.1. The number of carboxylic acid groups (broad SMARTS) is 1. The quantitative estimate of drug-likeness (QED) is 0.851. The number of aromatic carboxylic acids is 1. The summed E-state index contributed by atoms with van der Waals surface area (Å²) in [5.74, 6) is -2.25. The van der Waals surface area contributed by atoms with E-state index in [-0.39, 0.29) is 16.5 Å². The summed E-state index contributed by atoms with van der Waals surface area (Å²) in [4.78, 5) is 22.5. The van der Waals surface area contributed by atoms with E-state index in [2.05, 4.69) is 5.32 Å². The zero-order valence-electron chi connectivity index (χ0n) is 11.4. The molecule has 2 N–H and O–H groups in total. The predicted octanol–water partition coefficient (Wildman–Crippen LogP) is 1.22. The Morgan fingerprint density at radius 2 is 1.71 bits per heavy atom. The Kier molecular flexibility index (Phi) is 4.62.